The first-order chi connectivity index (χ1) is 12.1. The van der Waals surface area contributed by atoms with E-state index in [2.05, 4.69) is 10.1 Å². The van der Waals surface area contributed by atoms with Crippen LogP contribution in [0.5, 0.6) is 5.75 Å². The molecule has 0 unspecified atom stereocenters. The van der Waals surface area contributed by atoms with Crippen LogP contribution in [0.25, 0.3) is 0 Å². The molecule has 1 amide bonds. The van der Waals surface area contributed by atoms with Crippen LogP contribution in [-0.4, -0.2) is 29.0 Å². The van der Waals surface area contributed by atoms with Crippen molar-refractivity contribution in [3.8, 4) is 11.8 Å². The number of benzene rings is 1. The first-order valence-corrected chi connectivity index (χ1v) is 7.33. The molecule has 1 heterocycles. The summed E-state index contributed by atoms with van der Waals surface area (Å²) in [4.78, 5) is 23.7. The Morgan fingerprint density at radius 2 is 2.00 bits per heavy atom. The number of ketones is 1. The number of aromatic nitrogens is 1. The Morgan fingerprint density at radius 3 is 2.54 bits per heavy atom. The lowest BCUT2D eigenvalue weighted by Crippen LogP contribution is -2.19. The van der Waals surface area contributed by atoms with E-state index in [4.69, 9.17) is 5.26 Å². The Bertz CT molecular complexity index is 895. The van der Waals surface area contributed by atoms with Crippen molar-refractivity contribution in [3.63, 3.8) is 0 Å². The minimum atomic E-state index is -4.53. The quantitative estimate of drug-likeness (QED) is 0.824. The molecule has 0 fully saturated rings. The SMILES string of the molecule is CC(=O)c1cc(C(=O)Nc2ccc(OCC(F)(F)F)c(C#N)c2)n(C)c1. The Labute approximate surface area is 146 Å². The Balaban J connectivity index is 2.18. The van der Waals surface area contributed by atoms with Crippen molar-refractivity contribution in [1.29, 1.82) is 5.26 Å². The van der Waals surface area contributed by atoms with Gasteiger partial charge in [-0.3, -0.25) is 9.59 Å². The van der Waals surface area contributed by atoms with E-state index < -0.39 is 18.7 Å². The monoisotopic (exact) mass is 365 g/mol. The maximum absolute atomic E-state index is 12.3. The number of nitrogens with zero attached hydrogens (tertiary/aromatic N) is 2. The van der Waals surface area contributed by atoms with Crippen LogP contribution in [0.3, 0.4) is 0 Å². The fraction of sp³-hybridized carbons (Fsp3) is 0.235. The van der Waals surface area contributed by atoms with Gasteiger partial charge < -0.3 is 14.6 Å². The summed E-state index contributed by atoms with van der Waals surface area (Å²) in [6.45, 7) is -0.152. The molecule has 0 aliphatic heterocycles. The van der Waals surface area contributed by atoms with Gasteiger partial charge in [0.05, 0.1) is 5.56 Å². The zero-order valence-corrected chi connectivity index (χ0v) is 13.8. The molecule has 0 atom stereocenters. The van der Waals surface area contributed by atoms with E-state index in [9.17, 15) is 22.8 Å². The molecule has 136 valence electrons. The molecule has 0 aliphatic carbocycles. The second kappa shape index (κ2) is 7.31. The van der Waals surface area contributed by atoms with Gasteiger partial charge in [0.25, 0.3) is 5.91 Å². The number of rotatable bonds is 5. The minimum Gasteiger partial charge on any atom is -0.483 e. The highest BCUT2D eigenvalue weighted by Crippen LogP contribution is 2.25. The third kappa shape index (κ3) is 4.63. The summed E-state index contributed by atoms with van der Waals surface area (Å²) in [7, 11) is 1.59. The van der Waals surface area contributed by atoms with Gasteiger partial charge in [-0.1, -0.05) is 0 Å². The maximum Gasteiger partial charge on any atom is 0.422 e. The maximum atomic E-state index is 12.3. The Hall–Kier alpha value is -3.28. The molecular formula is C17H14F3N3O3. The van der Waals surface area contributed by atoms with Crippen LogP contribution in [0.4, 0.5) is 18.9 Å². The zero-order valence-electron chi connectivity index (χ0n) is 13.8. The van der Waals surface area contributed by atoms with E-state index in [0.717, 1.165) is 0 Å². The molecule has 0 spiro atoms. The topological polar surface area (TPSA) is 84.1 Å². The lowest BCUT2D eigenvalue weighted by molar-refractivity contribution is -0.153. The Kier molecular flexibility index (Phi) is 5.35. The summed E-state index contributed by atoms with van der Waals surface area (Å²) in [6.07, 6.45) is -3.02. The lowest BCUT2D eigenvalue weighted by atomic mass is 10.2. The van der Waals surface area contributed by atoms with E-state index >= 15 is 0 Å². The van der Waals surface area contributed by atoms with Gasteiger partial charge in [0.2, 0.25) is 0 Å². The normalized spacial score (nSPS) is 10.9. The van der Waals surface area contributed by atoms with E-state index in [1.165, 1.54) is 42.0 Å². The highest BCUT2D eigenvalue weighted by atomic mass is 19.4. The number of carbonyl (C=O) groups is 2. The number of nitrogens with one attached hydrogen (secondary N) is 1. The first kappa shape index (κ1) is 19.1. The van der Waals surface area contributed by atoms with Crippen molar-refractivity contribution >= 4 is 17.4 Å². The van der Waals surface area contributed by atoms with Gasteiger partial charge in [0.15, 0.2) is 12.4 Å². The second-order valence-corrected chi connectivity index (χ2v) is 5.46. The zero-order chi connectivity index (χ0) is 19.5. The number of hydrogen-bond donors (Lipinski definition) is 1. The average molecular weight is 365 g/mol. The number of ether oxygens (including phenoxy) is 1. The van der Waals surface area contributed by atoms with E-state index in [1.54, 1.807) is 13.1 Å². The predicted octanol–water partition coefficient (Wildman–Crippen LogP) is 3.29. The molecule has 9 heteroatoms. The molecule has 1 N–H and O–H groups in total. The van der Waals surface area contributed by atoms with Crippen LogP contribution in [0, 0.1) is 11.3 Å². The van der Waals surface area contributed by atoms with Crippen LogP contribution >= 0.6 is 0 Å². The average Bonchev–Trinajstić information content (AvgIpc) is 2.95. The molecule has 1 aromatic carbocycles. The molecule has 2 rings (SSSR count). The van der Waals surface area contributed by atoms with Crippen molar-refractivity contribution in [2.75, 3.05) is 11.9 Å². The van der Waals surface area contributed by atoms with E-state index in [-0.39, 0.29) is 28.5 Å². The van der Waals surface area contributed by atoms with Crippen LogP contribution < -0.4 is 10.1 Å². The van der Waals surface area contributed by atoms with Crippen LogP contribution in [-0.2, 0) is 7.05 Å². The van der Waals surface area contributed by atoms with Crippen LogP contribution in [0.2, 0.25) is 0 Å². The number of nitriles is 1. The largest absolute Gasteiger partial charge is 0.483 e. The molecule has 1 aromatic heterocycles. The van der Waals surface area contributed by atoms with Gasteiger partial charge in [-0.15, -0.1) is 0 Å². The molecule has 0 bridgehead atoms. The van der Waals surface area contributed by atoms with Crippen molar-refractivity contribution in [2.45, 2.75) is 13.1 Å². The van der Waals surface area contributed by atoms with Gasteiger partial charge in [-0.05, 0) is 31.2 Å². The number of amides is 1. The third-order valence-electron chi connectivity index (χ3n) is 3.39. The number of hydrogen-bond acceptors (Lipinski definition) is 4. The lowest BCUT2D eigenvalue weighted by Gasteiger charge is -2.12. The molecule has 0 radical (unpaired) electrons. The highest BCUT2D eigenvalue weighted by molar-refractivity contribution is 6.05. The fourth-order valence-corrected chi connectivity index (χ4v) is 2.16. The van der Waals surface area contributed by atoms with Gasteiger partial charge in [-0.2, -0.15) is 18.4 Å². The van der Waals surface area contributed by atoms with Gasteiger partial charge >= 0.3 is 6.18 Å². The standard InChI is InChI=1S/C17H14F3N3O3/c1-10(24)12-6-14(23(2)8-12)16(25)22-13-3-4-15(11(5-13)7-21)26-9-17(18,19)20/h3-6,8H,9H2,1-2H3,(H,22,25). The molecule has 2 aromatic rings. The molecule has 6 nitrogen and oxygen atoms in total. The molecule has 0 aliphatic rings. The summed E-state index contributed by atoms with van der Waals surface area (Å²) in [5, 5.41) is 11.6. The smallest absolute Gasteiger partial charge is 0.422 e. The summed E-state index contributed by atoms with van der Waals surface area (Å²) in [5.41, 5.74) is 0.636. The third-order valence-corrected chi connectivity index (χ3v) is 3.39. The summed E-state index contributed by atoms with van der Waals surface area (Å²) in [6, 6.07) is 6.84. The predicted molar refractivity (Wildman–Crippen MR) is 86.1 cm³/mol. The minimum absolute atomic E-state index is 0.150. The molecular weight excluding hydrogens is 351 g/mol. The highest BCUT2D eigenvalue weighted by Gasteiger charge is 2.29. The van der Waals surface area contributed by atoms with Crippen LogP contribution in [0.15, 0.2) is 30.5 Å². The van der Waals surface area contributed by atoms with Crippen molar-refractivity contribution in [3.05, 3.63) is 47.3 Å². The van der Waals surface area contributed by atoms with Gasteiger partial charge in [-0.25, -0.2) is 0 Å². The van der Waals surface area contributed by atoms with E-state index in [1.807, 2.05) is 0 Å². The van der Waals surface area contributed by atoms with E-state index in [0.29, 0.717) is 5.56 Å². The molecule has 26 heavy (non-hydrogen) atoms. The number of aryl methyl sites for hydroxylation is 1. The van der Waals surface area contributed by atoms with Crippen molar-refractivity contribution in [2.24, 2.45) is 7.05 Å². The van der Waals surface area contributed by atoms with Gasteiger partial charge in [0, 0.05) is 24.5 Å². The molecule has 0 saturated heterocycles. The number of carbonyl (C=O) groups excluding carboxylic acids is 2. The molecule has 0 saturated carbocycles. The number of anilines is 1. The summed E-state index contributed by atoms with van der Waals surface area (Å²) in [5.74, 6) is -0.967. The summed E-state index contributed by atoms with van der Waals surface area (Å²) >= 11 is 0. The Morgan fingerprint density at radius 1 is 1.31 bits per heavy atom. The fourth-order valence-electron chi connectivity index (χ4n) is 2.16. The number of Topliss-reactive ketones (excluding diaryl/α,β-unsaturated/α-hetero) is 1. The first-order valence-electron chi connectivity index (χ1n) is 7.33. The second-order valence-electron chi connectivity index (χ2n) is 5.46. The van der Waals surface area contributed by atoms with Crippen molar-refractivity contribution in [1.82, 2.24) is 4.57 Å². The van der Waals surface area contributed by atoms with Gasteiger partial charge in [0.1, 0.15) is 17.5 Å². The summed E-state index contributed by atoms with van der Waals surface area (Å²) < 4.78 is 42.7. The number of alkyl halides is 3. The number of halogens is 3. The van der Waals surface area contributed by atoms with Crippen LogP contribution in [0.1, 0.15) is 33.3 Å². The van der Waals surface area contributed by atoms with Crippen molar-refractivity contribution < 1.29 is 27.5 Å².